The molecule has 0 saturated heterocycles. The molecule has 1 heterocycles. The smallest absolute Gasteiger partial charge is 0.243 e. The zero-order chi connectivity index (χ0) is 14.9. The summed E-state index contributed by atoms with van der Waals surface area (Å²) < 4.78 is 26.1. The number of aryl methyl sites for hydroxylation is 1. The van der Waals surface area contributed by atoms with Gasteiger partial charge in [0.2, 0.25) is 10.0 Å². The Kier molecular flexibility index (Phi) is 3.74. The van der Waals surface area contributed by atoms with Gasteiger partial charge in [-0.3, -0.25) is 10.4 Å². The second-order valence-electron chi connectivity index (χ2n) is 4.57. The average Bonchev–Trinajstić information content (AvgIpc) is 2.38. The highest BCUT2D eigenvalue weighted by atomic mass is 32.2. The van der Waals surface area contributed by atoms with Crippen LogP contribution < -0.4 is 5.73 Å². The molecule has 20 heavy (non-hydrogen) atoms. The molecule has 0 bridgehead atoms. The fourth-order valence-electron chi connectivity index (χ4n) is 2.01. The number of sulfonamides is 1. The first-order valence-electron chi connectivity index (χ1n) is 5.97. The van der Waals surface area contributed by atoms with Gasteiger partial charge in [0.1, 0.15) is 5.84 Å². The van der Waals surface area contributed by atoms with Crippen molar-refractivity contribution in [1.29, 1.82) is 5.41 Å². The third kappa shape index (κ3) is 2.50. The van der Waals surface area contributed by atoms with Crippen molar-refractivity contribution in [2.75, 3.05) is 13.6 Å². The number of pyridine rings is 1. The second kappa shape index (κ2) is 5.18. The molecule has 0 aliphatic rings. The summed E-state index contributed by atoms with van der Waals surface area (Å²) in [6.45, 7) is 1.74. The lowest BCUT2D eigenvalue weighted by molar-refractivity contribution is 0.505. The Balaban J connectivity index is 2.64. The van der Waals surface area contributed by atoms with Crippen molar-refractivity contribution in [2.24, 2.45) is 5.73 Å². The third-order valence-corrected chi connectivity index (χ3v) is 4.87. The van der Waals surface area contributed by atoms with Gasteiger partial charge in [-0.2, -0.15) is 4.31 Å². The Hall–Kier alpha value is -1.99. The summed E-state index contributed by atoms with van der Waals surface area (Å²) in [5, 5.41) is 7.80. The molecule has 0 unspecified atom stereocenters. The maximum atomic E-state index is 12.5. The number of nitrogens with two attached hydrogens (primary N) is 1. The zero-order valence-electron chi connectivity index (χ0n) is 11.3. The highest BCUT2D eigenvalue weighted by Crippen LogP contribution is 2.26. The number of rotatable bonds is 4. The van der Waals surface area contributed by atoms with E-state index in [-0.39, 0.29) is 17.3 Å². The molecule has 1 aromatic carbocycles. The lowest BCUT2D eigenvalue weighted by Gasteiger charge is -2.18. The number of fused-ring (bicyclic) bond motifs is 1. The number of aromatic nitrogens is 1. The van der Waals surface area contributed by atoms with Crippen LogP contribution >= 0.6 is 0 Å². The van der Waals surface area contributed by atoms with Crippen molar-refractivity contribution in [3.8, 4) is 0 Å². The van der Waals surface area contributed by atoms with E-state index in [0.29, 0.717) is 10.9 Å². The summed E-state index contributed by atoms with van der Waals surface area (Å²) in [5.41, 5.74) is 6.84. The minimum atomic E-state index is -3.70. The van der Waals surface area contributed by atoms with Gasteiger partial charge in [0, 0.05) is 18.6 Å². The molecule has 2 rings (SSSR count). The average molecular weight is 292 g/mol. The van der Waals surface area contributed by atoms with Crippen LogP contribution in [0.15, 0.2) is 35.4 Å². The molecule has 2 aromatic rings. The number of nitrogens with one attached hydrogen (secondary N) is 1. The first-order valence-corrected chi connectivity index (χ1v) is 7.41. The van der Waals surface area contributed by atoms with Gasteiger partial charge in [-0.05, 0) is 30.7 Å². The molecule has 0 aliphatic carbocycles. The van der Waals surface area contributed by atoms with Crippen LogP contribution in [0.1, 0.15) is 5.56 Å². The summed E-state index contributed by atoms with van der Waals surface area (Å²) in [6, 6.07) is 6.71. The van der Waals surface area contributed by atoms with Crippen LogP contribution in [0, 0.1) is 12.3 Å². The predicted molar refractivity (Wildman–Crippen MR) is 78.2 cm³/mol. The topological polar surface area (TPSA) is 100 Å². The zero-order valence-corrected chi connectivity index (χ0v) is 12.1. The van der Waals surface area contributed by atoms with E-state index in [1.165, 1.54) is 7.05 Å². The van der Waals surface area contributed by atoms with Crippen molar-refractivity contribution >= 4 is 26.8 Å². The summed E-state index contributed by atoms with van der Waals surface area (Å²) in [4.78, 5) is 4.40. The summed E-state index contributed by atoms with van der Waals surface area (Å²) >= 11 is 0. The van der Waals surface area contributed by atoms with Crippen molar-refractivity contribution in [1.82, 2.24) is 9.29 Å². The van der Waals surface area contributed by atoms with E-state index in [1.807, 2.05) is 6.92 Å². The van der Waals surface area contributed by atoms with E-state index >= 15 is 0 Å². The van der Waals surface area contributed by atoms with Crippen molar-refractivity contribution in [3.05, 3.63) is 36.0 Å². The lowest BCUT2D eigenvalue weighted by atomic mass is 10.1. The number of amidine groups is 1. The fraction of sp³-hybridized carbons (Fsp3) is 0.231. The first kappa shape index (κ1) is 14.4. The van der Waals surface area contributed by atoms with E-state index in [1.54, 1.807) is 30.5 Å². The molecule has 0 aliphatic heterocycles. The molecule has 7 heteroatoms. The second-order valence-corrected chi connectivity index (χ2v) is 6.58. The lowest BCUT2D eigenvalue weighted by Crippen LogP contribution is -2.35. The Morgan fingerprint density at radius 3 is 2.75 bits per heavy atom. The van der Waals surface area contributed by atoms with Crippen LogP contribution in [-0.4, -0.2) is 37.1 Å². The van der Waals surface area contributed by atoms with Gasteiger partial charge in [0.15, 0.2) is 0 Å². The van der Waals surface area contributed by atoms with Crippen LogP contribution in [-0.2, 0) is 10.0 Å². The summed E-state index contributed by atoms with van der Waals surface area (Å²) in [6.07, 6.45) is 1.63. The molecular weight excluding hydrogens is 276 g/mol. The molecule has 0 amide bonds. The molecule has 0 atom stereocenters. The SMILES string of the molecule is Cc1ccc(S(=O)(=O)N(C)CC(=N)N)c2cccnc12. The van der Waals surface area contributed by atoms with Gasteiger partial charge in [0.25, 0.3) is 0 Å². The van der Waals surface area contributed by atoms with Gasteiger partial charge < -0.3 is 5.73 Å². The molecule has 0 saturated carbocycles. The van der Waals surface area contributed by atoms with E-state index in [4.69, 9.17) is 11.1 Å². The molecule has 0 fully saturated rings. The van der Waals surface area contributed by atoms with Gasteiger partial charge in [0.05, 0.1) is 17.0 Å². The maximum absolute atomic E-state index is 12.5. The van der Waals surface area contributed by atoms with Crippen LogP contribution in [0.2, 0.25) is 0 Å². The molecule has 0 spiro atoms. The molecule has 6 nitrogen and oxygen atoms in total. The maximum Gasteiger partial charge on any atom is 0.243 e. The quantitative estimate of drug-likeness (QED) is 0.651. The largest absolute Gasteiger partial charge is 0.387 e. The van der Waals surface area contributed by atoms with Crippen molar-refractivity contribution in [2.45, 2.75) is 11.8 Å². The normalized spacial score (nSPS) is 11.9. The first-order chi connectivity index (χ1) is 9.34. The van der Waals surface area contributed by atoms with Gasteiger partial charge in [-0.15, -0.1) is 0 Å². The molecule has 0 radical (unpaired) electrons. The standard InChI is InChI=1S/C13H16N4O2S/c1-9-5-6-11(10-4-3-7-16-13(9)10)20(18,19)17(2)8-12(14)15/h3-7H,8H2,1-2H3,(H3,14,15). The van der Waals surface area contributed by atoms with Crippen LogP contribution in [0.4, 0.5) is 0 Å². The van der Waals surface area contributed by atoms with E-state index in [0.717, 1.165) is 9.87 Å². The van der Waals surface area contributed by atoms with Gasteiger partial charge >= 0.3 is 0 Å². The predicted octanol–water partition coefficient (Wildman–Crippen LogP) is 1.10. The molecule has 1 aromatic heterocycles. The van der Waals surface area contributed by atoms with Crippen LogP contribution in [0.25, 0.3) is 10.9 Å². The summed E-state index contributed by atoms with van der Waals surface area (Å²) in [5.74, 6) is -0.203. The fourth-order valence-corrected chi connectivity index (χ4v) is 3.33. The van der Waals surface area contributed by atoms with Crippen molar-refractivity contribution in [3.63, 3.8) is 0 Å². The van der Waals surface area contributed by atoms with E-state index in [2.05, 4.69) is 4.98 Å². The van der Waals surface area contributed by atoms with Crippen LogP contribution in [0.3, 0.4) is 0 Å². The highest BCUT2D eigenvalue weighted by molar-refractivity contribution is 7.89. The van der Waals surface area contributed by atoms with Gasteiger partial charge in [-0.25, -0.2) is 8.42 Å². The van der Waals surface area contributed by atoms with E-state index < -0.39 is 10.0 Å². The Labute approximate surface area is 117 Å². The van der Waals surface area contributed by atoms with Gasteiger partial charge in [-0.1, -0.05) is 6.07 Å². The molecular formula is C13H16N4O2S. The Morgan fingerprint density at radius 1 is 1.40 bits per heavy atom. The molecule has 106 valence electrons. The van der Waals surface area contributed by atoms with Crippen LogP contribution in [0.5, 0.6) is 0 Å². The number of hydrogen-bond acceptors (Lipinski definition) is 4. The number of likely N-dealkylation sites (N-methyl/N-ethyl adjacent to an activating group) is 1. The number of hydrogen-bond donors (Lipinski definition) is 2. The minimum absolute atomic E-state index is 0.141. The Bertz CT molecular complexity index is 771. The Morgan fingerprint density at radius 2 is 2.10 bits per heavy atom. The number of benzene rings is 1. The highest BCUT2D eigenvalue weighted by Gasteiger charge is 2.24. The minimum Gasteiger partial charge on any atom is -0.387 e. The third-order valence-electron chi connectivity index (χ3n) is 3.01. The monoisotopic (exact) mass is 292 g/mol. The van der Waals surface area contributed by atoms with E-state index in [9.17, 15) is 8.42 Å². The summed E-state index contributed by atoms with van der Waals surface area (Å²) in [7, 11) is -2.30. The number of nitrogens with zero attached hydrogens (tertiary/aromatic N) is 2. The molecule has 3 N–H and O–H groups in total. The van der Waals surface area contributed by atoms with Crippen molar-refractivity contribution < 1.29 is 8.42 Å².